The van der Waals surface area contributed by atoms with Crippen molar-refractivity contribution in [2.24, 2.45) is 0 Å². The molecule has 0 radical (unpaired) electrons. The Morgan fingerprint density at radius 2 is 2.00 bits per heavy atom. The van der Waals surface area contributed by atoms with Gasteiger partial charge >= 0.3 is 5.76 Å². The van der Waals surface area contributed by atoms with Crippen LogP contribution in [0.2, 0.25) is 5.02 Å². The Kier molecular flexibility index (Phi) is 5.12. The minimum atomic E-state index is -0.614. The van der Waals surface area contributed by atoms with Gasteiger partial charge in [-0.1, -0.05) is 23.7 Å². The van der Waals surface area contributed by atoms with E-state index in [2.05, 4.69) is 4.98 Å². The summed E-state index contributed by atoms with van der Waals surface area (Å²) in [7, 11) is 1.64. The first-order valence-corrected chi connectivity index (χ1v) is 9.43. The summed E-state index contributed by atoms with van der Waals surface area (Å²) in [6, 6.07) is 12.4. The number of hydrogen-bond acceptors (Lipinski definition) is 5. The largest absolute Gasteiger partial charge is 0.420 e. The molecule has 0 aliphatic rings. The lowest BCUT2D eigenvalue weighted by atomic mass is 10.3. The summed E-state index contributed by atoms with van der Waals surface area (Å²) in [5.41, 5.74) is 2.53. The molecule has 0 aliphatic carbocycles. The van der Waals surface area contributed by atoms with E-state index in [1.54, 1.807) is 25.2 Å². The van der Waals surface area contributed by atoms with Crippen molar-refractivity contribution in [1.82, 2.24) is 19.0 Å². The summed E-state index contributed by atoms with van der Waals surface area (Å²) in [5.74, 6) is -0.238. The number of halogens is 1. The monoisotopic (exact) mass is 414 g/mol. The van der Waals surface area contributed by atoms with E-state index >= 15 is 0 Å². The number of carbonyl (C=O) groups excluding carboxylic acids is 1. The Balaban J connectivity index is 1.59. The van der Waals surface area contributed by atoms with Gasteiger partial charge in [0.2, 0.25) is 5.91 Å². The first kappa shape index (κ1) is 19.2. The van der Waals surface area contributed by atoms with E-state index in [0.29, 0.717) is 28.5 Å². The zero-order valence-corrected chi connectivity index (χ0v) is 16.5. The summed E-state index contributed by atoms with van der Waals surface area (Å²) in [6.07, 6.45) is 0. The van der Waals surface area contributed by atoms with E-state index in [4.69, 9.17) is 16.0 Å². The lowest BCUT2D eigenvalue weighted by molar-refractivity contribution is -0.131. The fourth-order valence-corrected chi connectivity index (χ4v) is 3.50. The van der Waals surface area contributed by atoms with Crippen LogP contribution >= 0.6 is 11.6 Å². The van der Waals surface area contributed by atoms with Crippen molar-refractivity contribution < 1.29 is 14.3 Å². The van der Waals surface area contributed by atoms with Gasteiger partial charge in [-0.2, -0.15) is 0 Å². The fraction of sp³-hybridized carbons (Fsp3) is 0.250. The summed E-state index contributed by atoms with van der Waals surface area (Å²) >= 11 is 6.01. The molecule has 0 unspecified atom stereocenters. The number of benzene rings is 2. The SMILES string of the molecule is CN(Cc1nc2ccccc2n1CCO)C(=O)Cn1c(=O)oc2ccc(Cl)cc21. The van der Waals surface area contributed by atoms with Crippen LogP contribution in [0.3, 0.4) is 0 Å². The van der Waals surface area contributed by atoms with Crippen LogP contribution in [-0.4, -0.2) is 43.7 Å². The normalized spacial score (nSPS) is 11.4. The van der Waals surface area contributed by atoms with Crippen LogP contribution in [0.1, 0.15) is 5.82 Å². The zero-order chi connectivity index (χ0) is 20.5. The molecule has 0 spiro atoms. The lowest BCUT2D eigenvalue weighted by Crippen LogP contribution is -2.33. The van der Waals surface area contributed by atoms with Gasteiger partial charge in [0.1, 0.15) is 12.4 Å². The maximum Gasteiger partial charge on any atom is 0.420 e. The Bertz CT molecular complexity index is 1260. The summed E-state index contributed by atoms with van der Waals surface area (Å²) in [5, 5.41) is 9.85. The van der Waals surface area contributed by atoms with E-state index in [0.717, 1.165) is 11.0 Å². The van der Waals surface area contributed by atoms with Gasteiger partial charge in [0.15, 0.2) is 5.58 Å². The number of oxazole rings is 1. The molecule has 0 saturated carbocycles. The molecular formula is C20H19ClN4O4. The van der Waals surface area contributed by atoms with Crippen molar-refractivity contribution in [3.63, 3.8) is 0 Å². The quantitative estimate of drug-likeness (QED) is 0.522. The van der Waals surface area contributed by atoms with Crippen molar-refractivity contribution in [2.45, 2.75) is 19.6 Å². The van der Waals surface area contributed by atoms with Crippen molar-refractivity contribution in [3.8, 4) is 0 Å². The molecule has 0 saturated heterocycles. The number of fused-ring (bicyclic) bond motifs is 2. The van der Waals surface area contributed by atoms with Crippen LogP contribution in [0.4, 0.5) is 0 Å². The molecule has 29 heavy (non-hydrogen) atoms. The third-order valence-corrected chi connectivity index (χ3v) is 5.02. The maximum absolute atomic E-state index is 12.8. The van der Waals surface area contributed by atoms with E-state index in [1.165, 1.54) is 9.47 Å². The smallest absolute Gasteiger partial charge is 0.408 e. The molecule has 8 nitrogen and oxygen atoms in total. The molecule has 1 amide bonds. The molecule has 2 aromatic carbocycles. The van der Waals surface area contributed by atoms with Crippen LogP contribution in [0.15, 0.2) is 51.7 Å². The van der Waals surface area contributed by atoms with Crippen molar-refractivity contribution in [1.29, 1.82) is 0 Å². The predicted octanol–water partition coefficient (Wildman–Crippen LogP) is 2.25. The van der Waals surface area contributed by atoms with E-state index < -0.39 is 5.76 Å². The number of rotatable bonds is 6. The minimum absolute atomic E-state index is 0.0395. The second kappa shape index (κ2) is 7.73. The van der Waals surface area contributed by atoms with Gasteiger partial charge < -0.3 is 19.0 Å². The molecular weight excluding hydrogens is 396 g/mol. The number of carbonyl (C=O) groups is 1. The third kappa shape index (κ3) is 3.64. The highest BCUT2D eigenvalue weighted by Crippen LogP contribution is 2.19. The van der Waals surface area contributed by atoms with Gasteiger partial charge in [0.25, 0.3) is 0 Å². The molecule has 0 atom stereocenters. The van der Waals surface area contributed by atoms with Crippen LogP contribution in [0.25, 0.3) is 22.1 Å². The number of para-hydroxylation sites is 2. The highest BCUT2D eigenvalue weighted by Gasteiger charge is 2.19. The van der Waals surface area contributed by atoms with E-state index in [1.807, 2.05) is 28.8 Å². The highest BCUT2D eigenvalue weighted by molar-refractivity contribution is 6.31. The highest BCUT2D eigenvalue weighted by atomic mass is 35.5. The van der Waals surface area contributed by atoms with E-state index in [9.17, 15) is 14.7 Å². The molecule has 4 aromatic rings. The number of aliphatic hydroxyl groups is 1. The topological polar surface area (TPSA) is 93.5 Å². The number of hydrogen-bond donors (Lipinski definition) is 1. The number of aromatic nitrogens is 3. The second-order valence-corrected chi connectivity index (χ2v) is 7.14. The minimum Gasteiger partial charge on any atom is -0.408 e. The van der Waals surface area contributed by atoms with Gasteiger partial charge in [0.05, 0.1) is 29.7 Å². The van der Waals surface area contributed by atoms with Gasteiger partial charge in [-0.15, -0.1) is 0 Å². The van der Waals surface area contributed by atoms with Crippen molar-refractivity contribution >= 4 is 39.6 Å². The molecule has 150 valence electrons. The summed E-state index contributed by atoms with van der Waals surface area (Å²) in [6.45, 7) is 0.395. The van der Waals surface area contributed by atoms with Crippen molar-refractivity contribution in [2.75, 3.05) is 13.7 Å². The van der Waals surface area contributed by atoms with Crippen LogP contribution < -0.4 is 5.76 Å². The Morgan fingerprint density at radius 1 is 1.21 bits per heavy atom. The molecule has 2 heterocycles. The number of imidazole rings is 1. The first-order valence-electron chi connectivity index (χ1n) is 9.06. The number of likely N-dealkylation sites (N-methyl/N-ethyl adjacent to an activating group) is 1. The van der Waals surface area contributed by atoms with Crippen LogP contribution in [0.5, 0.6) is 0 Å². The Hall–Kier alpha value is -3.10. The molecule has 9 heteroatoms. The van der Waals surface area contributed by atoms with Crippen LogP contribution in [-0.2, 0) is 24.4 Å². The summed E-state index contributed by atoms with van der Waals surface area (Å²) in [4.78, 5) is 31.0. The molecule has 2 aromatic heterocycles. The zero-order valence-electron chi connectivity index (χ0n) is 15.7. The van der Waals surface area contributed by atoms with Gasteiger partial charge in [-0.3, -0.25) is 9.36 Å². The first-order chi connectivity index (χ1) is 14.0. The third-order valence-electron chi connectivity index (χ3n) is 4.78. The Labute approximate surface area is 170 Å². The second-order valence-electron chi connectivity index (χ2n) is 6.71. The van der Waals surface area contributed by atoms with Crippen LogP contribution in [0, 0.1) is 0 Å². The molecule has 0 bridgehead atoms. The Morgan fingerprint density at radius 3 is 2.79 bits per heavy atom. The molecule has 1 N–H and O–H groups in total. The molecule has 4 rings (SSSR count). The standard InChI is InChI=1S/C20H19ClN4O4/c1-23(11-18-22-14-4-2-3-5-15(14)24(18)8-9-26)19(27)12-25-16-10-13(21)6-7-17(16)29-20(25)28/h2-7,10,26H,8-9,11-12H2,1H3. The average Bonchev–Trinajstić information content (AvgIpc) is 3.19. The van der Waals surface area contributed by atoms with Crippen molar-refractivity contribution in [3.05, 3.63) is 63.9 Å². The predicted molar refractivity (Wildman–Crippen MR) is 109 cm³/mol. The average molecular weight is 415 g/mol. The maximum atomic E-state index is 12.8. The van der Waals surface area contributed by atoms with E-state index in [-0.39, 0.29) is 25.6 Å². The summed E-state index contributed by atoms with van der Waals surface area (Å²) < 4.78 is 8.33. The van der Waals surface area contributed by atoms with Gasteiger partial charge in [-0.05, 0) is 30.3 Å². The number of aliphatic hydroxyl groups excluding tert-OH is 1. The van der Waals surface area contributed by atoms with Gasteiger partial charge in [-0.25, -0.2) is 9.78 Å². The fourth-order valence-electron chi connectivity index (χ4n) is 3.34. The number of amides is 1. The number of nitrogens with zero attached hydrogens (tertiary/aromatic N) is 4. The molecule has 0 aliphatic heterocycles. The lowest BCUT2D eigenvalue weighted by Gasteiger charge is -2.18. The molecule has 0 fully saturated rings. The van der Waals surface area contributed by atoms with Gasteiger partial charge in [0, 0.05) is 18.6 Å².